The van der Waals surface area contributed by atoms with E-state index in [9.17, 15) is 4.79 Å². The molecule has 4 nitrogen and oxygen atoms in total. The zero-order valence-electron chi connectivity index (χ0n) is 9.80. The standard InChI is InChI=1S/C13H12BrN3O/c1-17(9-6-7-12(15)16-8-9)13(18)10-4-2-3-5-11(10)14/h2-8H,1H3,(H2,15,16). The van der Waals surface area contributed by atoms with E-state index in [0.29, 0.717) is 17.1 Å². The van der Waals surface area contributed by atoms with Crippen LogP contribution in [-0.4, -0.2) is 17.9 Å². The number of halogens is 1. The van der Waals surface area contributed by atoms with Gasteiger partial charge in [0.2, 0.25) is 0 Å². The van der Waals surface area contributed by atoms with Crippen molar-refractivity contribution in [3.8, 4) is 0 Å². The molecule has 0 fully saturated rings. The summed E-state index contributed by atoms with van der Waals surface area (Å²) in [6.45, 7) is 0. The van der Waals surface area contributed by atoms with Crippen LogP contribution < -0.4 is 10.6 Å². The molecule has 0 saturated carbocycles. The summed E-state index contributed by atoms with van der Waals surface area (Å²) in [5.74, 6) is 0.328. The molecule has 92 valence electrons. The first kappa shape index (κ1) is 12.6. The number of benzene rings is 1. The van der Waals surface area contributed by atoms with E-state index in [-0.39, 0.29) is 5.91 Å². The minimum Gasteiger partial charge on any atom is -0.384 e. The van der Waals surface area contributed by atoms with Gasteiger partial charge in [-0.05, 0) is 40.2 Å². The first-order valence-corrected chi connectivity index (χ1v) is 6.13. The lowest BCUT2D eigenvalue weighted by Crippen LogP contribution is -2.26. The van der Waals surface area contributed by atoms with Crippen LogP contribution in [0, 0.1) is 0 Å². The van der Waals surface area contributed by atoms with Gasteiger partial charge >= 0.3 is 0 Å². The fraction of sp³-hybridized carbons (Fsp3) is 0.0769. The van der Waals surface area contributed by atoms with Gasteiger partial charge < -0.3 is 10.6 Å². The van der Waals surface area contributed by atoms with E-state index >= 15 is 0 Å². The molecule has 1 aromatic carbocycles. The predicted octanol–water partition coefficient (Wildman–Crippen LogP) is 2.70. The number of rotatable bonds is 2. The fourth-order valence-corrected chi connectivity index (χ4v) is 1.98. The summed E-state index contributed by atoms with van der Waals surface area (Å²) in [4.78, 5) is 17.8. The third-order valence-corrected chi connectivity index (χ3v) is 3.26. The van der Waals surface area contributed by atoms with Gasteiger partial charge in [-0.3, -0.25) is 4.79 Å². The van der Waals surface area contributed by atoms with Crippen LogP contribution in [0.3, 0.4) is 0 Å². The Labute approximate surface area is 114 Å². The number of aromatic nitrogens is 1. The number of carbonyl (C=O) groups excluding carboxylic acids is 1. The Morgan fingerprint density at radius 3 is 2.61 bits per heavy atom. The Balaban J connectivity index is 2.29. The van der Waals surface area contributed by atoms with Crippen LogP contribution in [0.1, 0.15) is 10.4 Å². The maximum Gasteiger partial charge on any atom is 0.259 e. The number of amides is 1. The summed E-state index contributed by atoms with van der Waals surface area (Å²) in [6.07, 6.45) is 1.57. The minimum atomic E-state index is -0.103. The summed E-state index contributed by atoms with van der Waals surface area (Å²) in [5.41, 5.74) is 6.82. The second-order valence-corrected chi connectivity index (χ2v) is 4.64. The fourth-order valence-electron chi connectivity index (χ4n) is 1.53. The minimum absolute atomic E-state index is 0.103. The quantitative estimate of drug-likeness (QED) is 0.928. The highest BCUT2D eigenvalue weighted by molar-refractivity contribution is 9.10. The molecule has 18 heavy (non-hydrogen) atoms. The average Bonchev–Trinajstić information content (AvgIpc) is 2.38. The second-order valence-electron chi connectivity index (χ2n) is 3.79. The van der Waals surface area contributed by atoms with Crippen LogP contribution in [0.2, 0.25) is 0 Å². The lowest BCUT2D eigenvalue weighted by molar-refractivity contribution is 0.0992. The molecule has 0 aliphatic heterocycles. The molecule has 0 aliphatic carbocycles. The van der Waals surface area contributed by atoms with E-state index < -0.39 is 0 Å². The number of hydrogen-bond acceptors (Lipinski definition) is 3. The van der Waals surface area contributed by atoms with Crippen molar-refractivity contribution >= 4 is 33.3 Å². The maximum atomic E-state index is 12.3. The van der Waals surface area contributed by atoms with Crippen LogP contribution >= 0.6 is 15.9 Å². The van der Waals surface area contributed by atoms with E-state index in [2.05, 4.69) is 20.9 Å². The van der Waals surface area contributed by atoms with Gasteiger partial charge in [0.25, 0.3) is 5.91 Å². The van der Waals surface area contributed by atoms with Crippen LogP contribution in [-0.2, 0) is 0 Å². The van der Waals surface area contributed by atoms with Crippen molar-refractivity contribution in [3.63, 3.8) is 0 Å². The topological polar surface area (TPSA) is 59.2 Å². The first-order chi connectivity index (χ1) is 8.59. The van der Waals surface area contributed by atoms with Crippen molar-refractivity contribution < 1.29 is 4.79 Å². The molecule has 0 unspecified atom stereocenters. The zero-order valence-corrected chi connectivity index (χ0v) is 11.4. The Morgan fingerprint density at radius 1 is 1.28 bits per heavy atom. The Bertz CT molecular complexity index is 569. The van der Waals surface area contributed by atoms with Crippen molar-refractivity contribution in [1.29, 1.82) is 0 Å². The molecule has 5 heteroatoms. The van der Waals surface area contributed by atoms with E-state index in [1.807, 2.05) is 18.2 Å². The smallest absolute Gasteiger partial charge is 0.259 e. The summed E-state index contributed by atoms with van der Waals surface area (Å²) in [7, 11) is 1.70. The molecule has 2 aromatic rings. The number of anilines is 2. The largest absolute Gasteiger partial charge is 0.384 e. The molecule has 0 bridgehead atoms. The van der Waals surface area contributed by atoms with Gasteiger partial charge in [0.05, 0.1) is 17.4 Å². The van der Waals surface area contributed by atoms with E-state index in [1.54, 1.807) is 31.4 Å². The van der Waals surface area contributed by atoms with Crippen LogP contribution in [0.5, 0.6) is 0 Å². The highest BCUT2D eigenvalue weighted by Crippen LogP contribution is 2.20. The van der Waals surface area contributed by atoms with Gasteiger partial charge in [-0.15, -0.1) is 0 Å². The van der Waals surface area contributed by atoms with Gasteiger partial charge in [-0.25, -0.2) is 4.98 Å². The molecule has 2 N–H and O–H groups in total. The molecule has 0 saturated heterocycles. The summed E-state index contributed by atoms with van der Waals surface area (Å²) < 4.78 is 0.769. The third-order valence-electron chi connectivity index (χ3n) is 2.57. The van der Waals surface area contributed by atoms with Crippen molar-refractivity contribution in [2.45, 2.75) is 0 Å². The maximum absolute atomic E-state index is 12.3. The van der Waals surface area contributed by atoms with Crippen LogP contribution in [0.25, 0.3) is 0 Å². The molecular weight excluding hydrogens is 294 g/mol. The monoisotopic (exact) mass is 305 g/mol. The molecule has 0 aliphatic rings. The molecule has 0 atom stereocenters. The SMILES string of the molecule is CN(C(=O)c1ccccc1Br)c1ccc(N)nc1. The van der Waals surface area contributed by atoms with Crippen molar-refractivity contribution in [3.05, 3.63) is 52.6 Å². The van der Waals surface area contributed by atoms with E-state index in [4.69, 9.17) is 5.73 Å². The molecule has 1 aromatic heterocycles. The molecule has 2 rings (SSSR count). The lowest BCUT2D eigenvalue weighted by Gasteiger charge is -2.17. The highest BCUT2D eigenvalue weighted by Gasteiger charge is 2.15. The number of carbonyl (C=O) groups is 1. The lowest BCUT2D eigenvalue weighted by atomic mass is 10.2. The van der Waals surface area contributed by atoms with Crippen molar-refractivity contribution in [1.82, 2.24) is 4.98 Å². The van der Waals surface area contributed by atoms with Crippen molar-refractivity contribution in [2.24, 2.45) is 0 Å². The number of pyridine rings is 1. The molecule has 0 radical (unpaired) electrons. The third kappa shape index (κ3) is 2.51. The second kappa shape index (κ2) is 5.18. The van der Waals surface area contributed by atoms with E-state index in [0.717, 1.165) is 4.47 Å². The molecular formula is C13H12BrN3O. The predicted molar refractivity (Wildman–Crippen MR) is 75.5 cm³/mol. The van der Waals surface area contributed by atoms with E-state index in [1.165, 1.54) is 4.90 Å². The average molecular weight is 306 g/mol. The van der Waals surface area contributed by atoms with Gasteiger partial charge in [0, 0.05) is 11.5 Å². The molecule has 1 amide bonds. The summed E-state index contributed by atoms with van der Waals surface area (Å²) in [6, 6.07) is 10.7. The number of nitrogen functional groups attached to an aromatic ring is 1. The van der Waals surface area contributed by atoms with Gasteiger partial charge in [-0.2, -0.15) is 0 Å². The van der Waals surface area contributed by atoms with Gasteiger partial charge in [-0.1, -0.05) is 12.1 Å². The first-order valence-electron chi connectivity index (χ1n) is 5.33. The highest BCUT2D eigenvalue weighted by atomic mass is 79.9. The zero-order chi connectivity index (χ0) is 13.1. The molecule has 1 heterocycles. The Morgan fingerprint density at radius 2 is 2.00 bits per heavy atom. The number of hydrogen-bond donors (Lipinski definition) is 1. The summed E-state index contributed by atoms with van der Waals surface area (Å²) in [5, 5.41) is 0. The Hall–Kier alpha value is -1.88. The Kier molecular flexibility index (Phi) is 3.62. The molecule has 0 spiro atoms. The van der Waals surface area contributed by atoms with Crippen LogP contribution in [0.4, 0.5) is 11.5 Å². The normalized spacial score (nSPS) is 10.1. The number of nitrogens with two attached hydrogens (primary N) is 1. The van der Waals surface area contributed by atoms with Gasteiger partial charge in [0.1, 0.15) is 5.82 Å². The van der Waals surface area contributed by atoms with Gasteiger partial charge in [0.15, 0.2) is 0 Å². The number of nitrogens with zero attached hydrogens (tertiary/aromatic N) is 2. The summed E-state index contributed by atoms with van der Waals surface area (Å²) >= 11 is 3.37. The van der Waals surface area contributed by atoms with Crippen molar-refractivity contribution in [2.75, 3.05) is 17.7 Å². The van der Waals surface area contributed by atoms with Crippen LogP contribution in [0.15, 0.2) is 47.1 Å².